The van der Waals surface area contributed by atoms with Crippen molar-refractivity contribution in [2.75, 3.05) is 0 Å². The lowest BCUT2D eigenvalue weighted by molar-refractivity contribution is -0.137. The molecule has 0 aliphatic heterocycles. The summed E-state index contributed by atoms with van der Waals surface area (Å²) in [6, 6.07) is 4.62. The van der Waals surface area contributed by atoms with Crippen molar-refractivity contribution in [2.45, 2.75) is 12.2 Å². The quantitative estimate of drug-likeness (QED) is 0.537. The summed E-state index contributed by atoms with van der Waals surface area (Å²) in [6.45, 7) is 0. The van der Waals surface area contributed by atoms with Gasteiger partial charge < -0.3 is 5.73 Å². The molecule has 0 aliphatic rings. The highest BCUT2D eigenvalue weighted by atomic mass is 79.9. The second-order valence-electron chi connectivity index (χ2n) is 3.99. The topological polar surface area (TPSA) is 26.0 Å². The first-order valence-electron chi connectivity index (χ1n) is 5.27. The highest BCUT2D eigenvalue weighted by molar-refractivity contribution is 9.12. The lowest BCUT2D eigenvalue weighted by Crippen LogP contribution is -2.14. The van der Waals surface area contributed by atoms with Crippen LogP contribution in [0.3, 0.4) is 0 Å². The van der Waals surface area contributed by atoms with Gasteiger partial charge in [0.05, 0.1) is 19.2 Å². The Labute approximate surface area is 142 Å². The summed E-state index contributed by atoms with van der Waals surface area (Å²) >= 11 is 11.4. The predicted molar refractivity (Wildman–Crippen MR) is 84.9 cm³/mol. The number of alkyl halides is 3. The molecule has 0 saturated carbocycles. The van der Waals surface area contributed by atoms with Crippen LogP contribution in [-0.2, 0) is 6.18 Å². The standard InChI is InChI=1S/C12H7Br3F3NS/c13-8-2-1-5(12(16,17)18)3-6(8)10(19)7-4-9(14)20-11(7)15/h1-4,10H,19H2. The molecule has 1 atom stereocenters. The van der Waals surface area contributed by atoms with Gasteiger partial charge in [-0.3, -0.25) is 0 Å². The van der Waals surface area contributed by atoms with E-state index in [1.807, 2.05) is 0 Å². The van der Waals surface area contributed by atoms with Crippen LogP contribution in [0.4, 0.5) is 13.2 Å². The van der Waals surface area contributed by atoms with Gasteiger partial charge in [-0.05, 0) is 67.3 Å². The fraction of sp³-hybridized carbons (Fsp3) is 0.167. The molecule has 0 fully saturated rings. The molecule has 8 heteroatoms. The third kappa shape index (κ3) is 3.47. The van der Waals surface area contributed by atoms with Crippen molar-refractivity contribution in [3.05, 3.63) is 53.0 Å². The van der Waals surface area contributed by atoms with Crippen LogP contribution in [0, 0.1) is 0 Å². The summed E-state index contributed by atoms with van der Waals surface area (Å²) in [4.78, 5) is 0. The fourth-order valence-corrected chi connectivity index (χ4v) is 5.11. The largest absolute Gasteiger partial charge is 0.416 e. The van der Waals surface area contributed by atoms with Crippen LogP contribution in [0.15, 0.2) is 36.3 Å². The maximum Gasteiger partial charge on any atom is 0.416 e. The Kier molecular flexibility index (Phi) is 5.01. The Morgan fingerprint density at radius 1 is 1.05 bits per heavy atom. The molecule has 2 N–H and O–H groups in total. The summed E-state index contributed by atoms with van der Waals surface area (Å²) in [5, 5.41) is 0. The van der Waals surface area contributed by atoms with Gasteiger partial charge in [0.1, 0.15) is 0 Å². The zero-order valence-corrected chi connectivity index (χ0v) is 15.2. The maximum absolute atomic E-state index is 12.8. The first kappa shape index (κ1) is 16.5. The molecule has 1 aromatic heterocycles. The van der Waals surface area contributed by atoms with Gasteiger partial charge in [-0.15, -0.1) is 11.3 Å². The molecule has 20 heavy (non-hydrogen) atoms. The van der Waals surface area contributed by atoms with Crippen molar-refractivity contribution in [1.29, 1.82) is 0 Å². The summed E-state index contributed by atoms with van der Waals surface area (Å²) in [5.41, 5.74) is 6.52. The van der Waals surface area contributed by atoms with Crippen LogP contribution in [-0.4, -0.2) is 0 Å². The summed E-state index contributed by atoms with van der Waals surface area (Å²) in [6.07, 6.45) is -4.39. The molecule has 1 unspecified atom stereocenters. The minimum Gasteiger partial charge on any atom is -0.320 e. The summed E-state index contributed by atoms with van der Waals surface area (Å²) < 4.78 is 40.5. The van der Waals surface area contributed by atoms with E-state index in [1.165, 1.54) is 17.4 Å². The lowest BCUT2D eigenvalue weighted by atomic mass is 10.00. The molecular formula is C12H7Br3F3NS. The molecule has 0 amide bonds. The number of halogens is 6. The molecule has 0 radical (unpaired) electrons. The van der Waals surface area contributed by atoms with E-state index in [2.05, 4.69) is 47.8 Å². The Balaban J connectivity index is 2.49. The molecule has 108 valence electrons. The third-order valence-electron chi connectivity index (χ3n) is 2.68. The highest BCUT2D eigenvalue weighted by Gasteiger charge is 2.31. The Morgan fingerprint density at radius 2 is 1.70 bits per heavy atom. The average Bonchev–Trinajstić information content (AvgIpc) is 2.66. The van der Waals surface area contributed by atoms with Crippen LogP contribution < -0.4 is 5.73 Å². The van der Waals surface area contributed by atoms with Crippen molar-refractivity contribution in [3.63, 3.8) is 0 Å². The van der Waals surface area contributed by atoms with E-state index in [9.17, 15) is 13.2 Å². The monoisotopic (exact) mass is 491 g/mol. The Morgan fingerprint density at radius 3 is 2.20 bits per heavy atom. The minimum absolute atomic E-state index is 0.394. The van der Waals surface area contributed by atoms with Gasteiger partial charge in [0, 0.05) is 4.47 Å². The number of thiophene rings is 1. The molecule has 2 rings (SSSR count). The van der Waals surface area contributed by atoms with E-state index < -0.39 is 17.8 Å². The average molecular weight is 494 g/mol. The SMILES string of the molecule is NC(c1cc(C(F)(F)F)ccc1Br)c1cc(Br)sc1Br. The molecule has 0 spiro atoms. The van der Waals surface area contributed by atoms with Gasteiger partial charge in [-0.25, -0.2) is 0 Å². The van der Waals surface area contributed by atoms with Gasteiger partial charge in [0.25, 0.3) is 0 Å². The molecule has 2 aromatic rings. The van der Waals surface area contributed by atoms with Crippen molar-refractivity contribution in [1.82, 2.24) is 0 Å². The number of hydrogen-bond donors (Lipinski definition) is 1. The van der Waals surface area contributed by atoms with E-state index in [0.29, 0.717) is 10.0 Å². The van der Waals surface area contributed by atoms with Gasteiger partial charge >= 0.3 is 6.18 Å². The van der Waals surface area contributed by atoms with Crippen LogP contribution in [0.25, 0.3) is 0 Å². The van der Waals surface area contributed by atoms with Gasteiger partial charge in [0.2, 0.25) is 0 Å². The normalized spacial score (nSPS) is 13.6. The van der Waals surface area contributed by atoms with Crippen LogP contribution >= 0.6 is 59.1 Å². The molecule has 1 heterocycles. The first-order chi connectivity index (χ1) is 9.20. The molecule has 0 aliphatic carbocycles. The summed E-state index contributed by atoms with van der Waals surface area (Å²) in [5.74, 6) is 0. The zero-order valence-electron chi connectivity index (χ0n) is 9.64. The second kappa shape index (κ2) is 6.08. The molecule has 1 nitrogen and oxygen atoms in total. The van der Waals surface area contributed by atoms with Gasteiger partial charge in [0.15, 0.2) is 0 Å². The minimum atomic E-state index is -4.39. The Hall–Kier alpha value is 0.110. The van der Waals surface area contributed by atoms with E-state index >= 15 is 0 Å². The third-order valence-corrected chi connectivity index (χ3v) is 5.78. The number of nitrogens with two attached hydrogens (primary N) is 1. The van der Waals surface area contributed by atoms with Gasteiger partial charge in [-0.1, -0.05) is 15.9 Å². The van der Waals surface area contributed by atoms with E-state index in [1.54, 1.807) is 6.07 Å². The molecular weight excluding hydrogens is 487 g/mol. The van der Waals surface area contributed by atoms with E-state index in [4.69, 9.17) is 5.73 Å². The first-order valence-corrected chi connectivity index (χ1v) is 8.46. The van der Waals surface area contributed by atoms with Crippen molar-refractivity contribution in [3.8, 4) is 0 Å². The highest BCUT2D eigenvalue weighted by Crippen LogP contribution is 2.40. The lowest BCUT2D eigenvalue weighted by Gasteiger charge is -2.16. The van der Waals surface area contributed by atoms with E-state index in [-0.39, 0.29) is 0 Å². The van der Waals surface area contributed by atoms with Crippen molar-refractivity contribution >= 4 is 59.1 Å². The molecule has 0 bridgehead atoms. The Bertz CT molecular complexity index is 639. The molecule has 0 saturated heterocycles. The van der Waals surface area contributed by atoms with Crippen molar-refractivity contribution in [2.24, 2.45) is 5.73 Å². The maximum atomic E-state index is 12.8. The van der Waals surface area contributed by atoms with Crippen LogP contribution in [0.5, 0.6) is 0 Å². The van der Waals surface area contributed by atoms with Gasteiger partial charge in [-0.2, -0.15) is 13.2 Å². The van der Waals surface area contributed by atoms with Crippen molar-refractivity contribution < 1.29 is 13.2 Å². The smallest absolute Gasteiger partial charge is 0.320 e. The molecule has 1 aromatic carbocycles. The zero-order chi connectivity index (χ0) is 15.1. The summed E-state index contributed by atoms with van der Waals surface area (Å²) in [7, 11) is 0. The number of hydrogen-bond acceptors (Lipinski definition) is 2. The van der Waals surface area contributed by atoms with Crippen LogP contribution in [0.2, 0.25) is 0 Å². The second-order valence-corrected chi connectivity index (χ2v) is 8.59. The van der Waals surface area contributed by atoms with Crippen LogP contribution in [0.1, 0.15) is 22.7 Å². The van der Waals surface area contributed by atoms with E-state index in [0.717, 1.165) is 25.3 Å². The number of benzene rings is 1. The fourth-order valence-electron chi connectivity index (χ4n) is 1.69. The predicted octanol–water partition coefficient (Wildman–Crippen LogP) is 6.10. The number of rotatable bonds is 2.